The number of aliphatic carboxylic acids is 1. The van der Waals surface area contributed by atoms with Gasteiger partial charge in [-0.3, -0.25) is 9.59 Å². The molecule has 1 heterocycles. The molecule has 1 rings (SSSR count). The van der Waals surface area contributed by atoms with Crippen LogP contribution in [0.3, 0.4) is 0 Å². The predicted molar refractivity (Wildman–Crippen MR) is 83.9 cm³/mol. The van der Waals surface area contributed by atoms with Crippen molar-refractivity contribution in [1.82, 2.24) is 0 Å². The molecule has 1 aliphatic rings. The van der Waals surface area contributed by atoms with E-state index in [0.717, 1.165) is 12.8 Å². The standard InChI is InChI=1S/C15H26O7S/c1-2-5-12-13(22-12)8-9-21-15(18)7-4-11-23(19,20)10-3-6-14(16)17/h12-13H,2-11H2,1H3,(H,16,17). The second-order valence-corrected chi connectivity index (χ2v) is 8.07. The number of hydrogen-bond donors (Lipinski definition) is 1. The number of epoxide rings is 1. The Bertz CT molecular complexity index is 486. The van der Waals surface area contributed by atoms with Crippen LogP contribution in [0, 0.1) is 0 Å². The third-order valence-corrected chi connectivity index (χ3v) is 5.43. The molecule has 134 valence electrons. The Kier molecular flexibility index (Phi) is 8.54. The Morgan fingerprint density at radius 2 is 1.70 bits per heavy atom. The molecule has 0 spiro atoms. The highest BCUT2D eigenvalue weighted by Gasteiger charge is 2.37. The van der Waals surface area contributed by atoms with Crippen molar-refractivity contribution >= 4 is 21.8 Å². The second-order valence-electron chi connectivity index (χ2n) is 5.76. The third-order valence-electron chi connectivity index (χ3n) is 3.61. The molecule has 0 aromatic rings. The smallest absolute Gasteiger partial charge is 0.305 e. The van der Waals surface area contributed by atoms with Gasteiger partial charge in [0.2, 0.25) is 0 Å². The van der Waals surface area contributed by atoms with Crippen molar-refractivity contribution in [1.29, 1.82) is 0 Å². The molecule has 0 aliphatic carbocycles. The third kappa shape index (κ3) is 9.55. The molecule has 1 fully saturated rings. The highest BCUT2D eigenvalue weighted by molar-refractivity contribution is 7.91. The van der Waals surface area contributed by atoms with Gasteiger partial charge in [0.15, 0.2) is 0 Å². The highest BCUT2D eigenvalue weighted by atomic mass is 32.2. The average Bonchev–Trinajstić information content (AvgIpc) is 3.16. The van der Waals surface area contributed by atoms with E-state index < -0.39 is 21.8 Å². The van der Waals surface area contributed by atoms with Crippen molar-refractivity contribution in [2.24, 2.45) is 0 Å². The predicted octanol–water partition coefficient (Wildman–Crippen LogP) is 1.55. The summed E-state index contributed by atoms with van der Waals surface area (Å²) in [6, 6.07) is 0. The molecule has 0 radical (unpaired) electrons. The van der Waals surface area contributed by atoms with Crippen LogP contribution < -0.4 is 0 Å². The van der Waals surface area contributed by atoms with Crippen molar-refractivity contribution in [3.05, 3.63) is 0 Å². The summed E-state index contributed by atoms with van der Waals surface area (Å²) in [5.41, 5.74) is 0. The maximum atomic E-state index is 11.6. The van der Waals surface area contributed by atoms with Gasteiger partial charge in [-0.1, -0.05) is 13.3 Å². The lowest BCUT2D eigenvalue weighted by molar-refractivity contribution is -0.143. The van der Waals surface area contributed by atoms with E-state index in [1.165, 1.54) is 0 Å². The molecule has 1 saturated heterocycles. The van der Waals surface area contributed by atoms with Crippen LogP contribution in [0.25, 0.3) is 0 Å². The lowest BCUT2D eigenvalue weighted by atomic mass is 10.2. The summed E-state index contributed by atoms with van der Waals surface area (Å²) in [6.45, 7) is 2.39. The lowest BCUT2D eigenvalue weighted by Gasteiger charge is -2.05. The van der Waals surface area contributed by atoms with Gasteiger partial charge in [-0.15, -0.1) is 0 Å². The molecule has 1 N–H and O–H groups in total. The number of sulfone groups is 1. The number of carbonyl (C=O) groups excluding carboxylic acids is 1. The first-order valence-electron chi connectivity index (χ1n) is 8.07. The molecular weight excluding hydrogens is 324 g/mol. The molecule has 0 saturated carbocycles. The molecule has 2 unspecified atom stereocenters. The normalized spacial score (nSPS) is 20.2. The highest BCUT2D eigenvalue weighted by Crippen LogP contribution is 2.29. The van der Waals surface area contributed by atoms with E-state index in [1.54, 1.807) is 0 Å². The SMILES string of the molecule is CCCC1OC1CCOC(=O)CCCS(=O)(=O)CCCC(=O)O. The molecule has 0 aromatic carbocycles. The van der Waals surface area contributed by atoms with Gasteiger partial charge in [-0.05, 0) is 19.3 Å². The Labute approximate surface area is 137 Å². The molecule has 0 amide bonds. The fourth-order valence-electron chi connectivity index (χ4n) is 2.31. The quantitative estimate of drug-likeness (QED) is 0.396. The molecule has 8 heteroatoms. The number of esters is 1. The van der Waals surface area contributed by atoms with E-state index in [1.807, 2.05) is 0 Å². The zero-order valence-corrected chi connectivity index (χ0v) is 14.3. The van der Waals surface area contributed by atoms with Gasteiger partial charge >= 0.3 is 11.9 Å². The topological polar surface area (TPSA) is 110 Å². The van der Waals surface area contributed by atoms with Gasteiger partial charge in [0.05, 0.1) is 30.3 Å². The fraction of sp³-hybridized carbons (Fsp3) is 0.867. The molecule has 23 heavy (non-hydrogen) atoms. The van der Waals surface area contributed by atoms with Crippen molar-refractivity contribution in [3.8, 4) is 0 Å². The van der Waals surface area contributed by atoms with E-state index in [4.69, 9.17) is 14.6 Å². The van der Waals surface area contributed by atoms with Gasteiger partial charge in [-0.25, -0.2) is 8.42 Å². The summed E-state index contributed by atoms with van der Waals surface area (Å²) in [5, 5.41) is 8.47. The maximum Gasteiger partial charge on any atom is 0.305 e. The van der Waals surface area contributed by atoms with Crippen molar-refractivity contribution in [2.45, 2.75) is 64.1 Å². The van der Waals surface area contributed by atoms with Crippen LogP contribution in [0.2, 0.25) is 0 Å². The Balaban J connectivity index is 2.03. The van der Waals surface area contributed by atoms with E-state index in [-0.39, 0.29) is 43.3 Å². The summed E-state index contributed by atoms with van der Waals surface area (Å²) >= 11 is 0. The van der Waals surface area contributed by atoms with Gasteiger partial charge in [0, 0.05) is 19.3 Å². The van der Waals surface area contributed by atoms with Gasteiger partial charge < -0.3 is 14.6 Å². The summed E-state index contributed by atoms with van der Waals surface area (Å²) in [5.74, 6) is -1.69. The van der Waals surface area contributed by atoms with E-state index >= 15 is 0 Å². The summed E-state index contributed by atoms with van der Waals surface area (Å²) in [4.78, 5) is 21.8. The molecule has 2 atom stereocenters. The summed E-state index contributed by atoms with van der Waals surface area (Å²) in [6.07, 6.45) is 3.47. The van der Waals surface area contributed by atoms with Crippen LogP contribution in [0.5, 0.6) is 0 Å². The first-order valence-corrected chi connectivity index (χ1v) is 9.89. The largest absolute Gasteiger partial charge is 0.481 e. The first-order chi connectivity index (χ1) is 10.8. The Morgan fingerprint density at radius 1 is 1.09 bits per heavy atom. The van der Waals surface area contributed by atoms with Crippen LogP contribution in [0.1, 0.15) is 51.9 Å². The second kappa shape index (κ2) is 9.87. The zero-order valence-electron chi connectivity index (χ0n) is 13.5. The van der Waals surface area contributed by atoms with Crippen molar-refractivity contribution < 1.29 is 32.6 Å². The van der Waals surface area contributed by atoms with Crippen LogP contribution in [-0.4, -0.2) is 55.8 Å². The van der Waals surface area contributed by atoms with Gasteiger partial charge in [-0.2, -0.15) is 0 Å². The minimum Gasteiger partial charge on any atom is -0.481 e. The van der Waals surface area contributed by atoms with Crippen LogP contribution in [0.4, 0.5) is 0 Å². The maximum absolute atomic E-state index is 11.6. The average molecular weight is 350 g/mol. The monoisotopic (exact) mass is 350 g/mol. The number of carboxylic acid groups (broad SMARTS) is 1. The Hall–Kier alpha value is -1.15. The molecule has 7 nitrogen and oxygen atoms in total. The van der Waals surface area contributed by atoms with Crippen LogP contribution >= 0.6 is 0 Å². The molecule has 0 bridgehead atoms. The van der Waals surface area contributed by atoms with Crippen LogP contribution in [0.15, 0.2) is 0 Å². The van der Waals surface area contributed by atoms with E-state index in [9.17, 15) is 18.0 Å². The fourth-order valence-corrected chi connectivity index (χ4v) is 3.69. The van der Waals surface area contributed by atoms with Crippen molar-refractivity contribution in [2.75, 3.05) is 18.1 Å². The lowest BCUT2D eigenvalue weighted by Crippen LogP contribution is -2.15. The molecule has 0 aromatic heterocycles. The Morgan fingerprint density at radius 3 is 2.30 bits per heavy atom. The van der Waals surface area contributed by atoms with Gasteiger partial charge in [0.1, 0.15) is 9.84 Å². The molecule has 1 aliphatic heterocycles. The van der Waals surface area contributed by atoms with E-state index in [0.29, 0.717) is 19.1 Å². The van der Waals surface area contributed by atoms with Gasteiger partial charge in [0.25, 0.3) is 0 Å². The number of ether oxygens (including phenoxy) is 2. The zero-order chi connectivity index (χ0) is 17.3. The van der Waals surface area contributed by atoms with Crippen molar-refractivity contribution in [3.63, 3.8) is 0 Å². The van der Waals surface area contributed by atoms with Crippen LogP contribution in [-0.2, 0) is 28.9 Å². The number of rotatable bonds is 13. The summed E-state index contributed by atoms with van der Waals surface area (Å²) in [7, 11) is -3.30. The van der Waals surface area contributed by atoms with E-state index in [2.05, 4.69) is 6.92 Å². The minimum absolute atomic E-state index is 0.0576. The number of carbonyl (C=O) groups is 2. The number of hydrogen-bond acceptors (Lipinski definition) is 6. The first kappa shape index (κ1) is 19.9. The summed E-state index contributed by atoms with van der Waals surface area (Å²) < 4.78 is 33.7. The number of carboxylic acids is 1. The minimum atomic E-state index is -3.30. The molecular formula is C15H26O7S.